The van der Waals surface area contributed by atoms with Crippen LogP contribution in [0.15, 0.2) is 0 Å². The van der Waals surface area contributed by atoms with Gasteiger partial charge >= 0.3 is 5.97 Å². The van der Waals surface area contributed by atoms with Crippen molar-refractivity contribution in [2.75, 3.05) is 32.8 Å². The maximum atomic E-state index is 10.6. The Morgan fingerprint density at radius 1 is 1.53 bits per heavy atom. The number of nitrogens with zero attached hydrogens (tertiary/aromatic N) is 1. The first-order chi connectivity index (χ1) is 7.08. The van der Waals surface area contributed by atoms with E-state index in [1.54, 1.807) is 0 Å². The standard InChI is InChI=1S/C11H22N2O2/c1-10(2)4-7-12-5-3-6-13(9-12)8-11(14)15/h10H,3-9H2,1-2H3,(H,14,15)/p+1. The summed E-state index contributed by atoms with van der Waals surface area (Å²) in [6, 6.07) is 0. The second-order valence-electron chi connectivity index (χ2n) is 4.89. The third-order valence-electron chi connectivity index (χ3n) is 2.89. The molecule has 0 aromatic heterocycles. The molecule has 0 radical (unpaired) electrons. The van der Waals surface area contributed by atoms with E-state index in [0.29, 0.717) is 0 Å². The number of carboxylic acid groups (broad SMARTS) is 1. The fourth-order valence-corrected chi connectivity index (χ4v) is 2.05. The van der Waals surface area contributed by atoms with Crippen LogP contribution in [0.25, 0.3) is 0 Å². The number of rotatable bonds is 5. The van der Waals surface area contributed by atoms with Crippen molar-refractivity contribution < 1.29 is 14.8 Å². The van der Waals surface area contributed by atoms with Gasteiger partial charge in [0, 0.05) is 13.0 Å². The van der Waals surface area contributed by atoms with Crippen molar-refractivity contribution in [3.8, 4) is 0 Å². The molecule has 0 aliphatic carbocycles. The fourth-order valence-electron chi connectivity index (χ4n) is 2.05. The van der Waals surface area contributed by atoms with Crippen molar-refractivity contribution in [3.05, 3.63) is 0 Å². The summed E-state index contributed by atoms with van der Waals surface area (Å²) in [5.74, 6) is 0.0347. The maximum absolute atomic E-state index is 10.6. The van der Waals surface area contributed by atoms with E-state index in [1.165, 1.54) is 24.4 Å². The molecule has 1 rings (SSSR count). The molecule has 1 unspecified atom stereocenters. The van der Waals surface area contributed by atoms with E-state index in [-0.39, 0.29) is 6.54 Å². The summed E-state index contributed by atoms with van der Waals surface area (Å²) >= 11 is 0. The van der Waals surface area contributed by atoms with E-state index >= 15 is 0 Å². The van der Waals surface area contributed by atoms with Crippen molar-refractivity contribution in [1.82, 2.24) is 4.90 Å². The van der Waals surface area contributed by atoms with Gasteiger partial charge in [0.15, 0.2) is 0 Å². The molecule has 0 aromatic rings. The molecule has 0 aromatic carbocycles. The minimum Gasteiger partial charge on any atom is -0.480 e. The lowest BCUT2D eigenvalue weighted by molar-refractivity contribution is -0.916. The van der Waals surface area contributed by atoms with Gasteiger partial charge in [-0.3, -0.25) is 4.79 Å². The Kier molecular flexibility index (Phi) is 5.05. The molecule has 2 N–H and O–H groups in total. The van der Waals surface area contributed by atoms with Crippen molar-refractivity contribution in [2.45, 2.75) is 26.7 Å². The van der Waals surface area contributed by atoms with E-state index in [0.717, 1.165) is 25.6 Å². The van der Waals surface area contributed by atoms with Gasteiger partial charge < -0.3 is 10.0 Å². The van der Waals surface area contributed by atoms with Crippen LogP contribution in [0, 0.1) is 5.92 Å². The van der Waals surface area contributed by atoms with Crippen LogP contribution in [-0.4, -0.2) is 48.8 Å². The molecule has 1 heterocycles. The summed E-state index contributed by atoms with van der Waals surface area (Å²) in [7, 11) is 0. The number of carbonyl (C=O) groups is 1. The highest BCUT2D eigenvalue weighted by Gasteiger charge is 2.21. The Bertz CT molecular complexity index is 207. The molecule has 0 saturated carbocycles. The van der Waals surface area contributed by atoms with Gasteiger partial charge in [-0.1, -0.05) is 13.8 Å². The van der Waals surface area contributed by atoms with Crippen LogP contribution < -0.4 is 4.90 Å². The van der Waals surface area contributed by atoms with Crippen LogP contribution in [-0.2, 0) is 4.79 Å². The second-order valence-corrected chi connectivity index (χ2v) is 4.89. The van der Waals surface area contributed by atoms with Gasteiger partial charge in [0.05, 0.1) is 13.1 Å². The zero-order chi connectivity index (χ0) is 11.3. The second kappa shape index (κ2) is 6.08. The first kappa shape index (κ1) is 12.5. The van der Waals surface area contributed by atoms with Gasteiger partial charge in [0.2, 0.25) is 0 Å². The van der Waals surface area contributed by atoms with Crippen LogP contribution in [0.3, 0.4) is 0 Å². The number of carboxylic acids is 1. The molecule has 88 valence electrons. The Hall–Kier alpha value is -0.610. The molecule has 1 fully saturated rings. The minimum atomic E-state index is -0.708. The summed E-state index contributed by atoms with van der Waals surface area (Å²) in [6.45, 7) is 8.88. The average Bonchev–Trinajstić information content (AvgIpc) is 2.14. The van der Waals surface area contributed by atoms with Crippen molar-refractivity contribution in [3.63, 3.8) is 0 Å². The van der Waals surface area contributed by atoms with Crippen molar-refractivity contribution in [2.24, 2.45) is 5.92 Å². The highest BCUT2D eigenvalue weighted by Crippen LogP contribution is 1.97. The van der Waals surface area contributed by atoms with Crippen molar-refractivity contribution >= 4 is 5.97 Å². The summed E-state index contributed by atoms with van der Waals surface area (Å²) in [4.78, 5) is 14.2. The average molecular weight is 215 g/mol. The normalized spacial score (nSPS) is 23.3. The lowest BCUT2D eigenvalue weighted by Crippen LogP contribution is -3.14. The molecular formula is C11H23N2O2+. The van der Waals surface area contributed by atoms with Gasteiger partial charge in [-0.05, 0) is 12.3 Å². The topological polar surface area (TPSA) is 45.0 Å². The maximum Gasteiger partial charge on any atom is 0.317 e. The number of nitrogens with one attached hydrogen (secondary N) is 1. The van der Waals surface area contributed by atoms with Gasteiger partial charge in [0.1, 0.15) is 13.2 Å². The van der Waals surface area contributed by atoms with Gasteiger partial charge in [-0.2, -0.15) is 0 Å². The Labute approximate surface area is 91.9 Å². The van der Waals surface area contributed by atoms with E-state index < -0.39 is 5.97 Å². The van der Waals surface area contributed by atoms with Crippen LogP contribution in [0.2, 0.25) is 0 Å². The quantitative estimate of drug-likeness (QED) is 0.660. The third kappa shape index (κ3) is 5.14. The van der Waals surface area contributed by atoms with E-state index in [1.807, 2.05) is 4.90 Å². The van der Waals surface area contributed by atoms with Crippen LogP contribution in [0.5, 0.6) is 0 Å². The van der Waals surface area contributed by atoms with Crippen LogP contribution >= 0.6 is 0 Å². The van der Waals surface area contributed by atoms with E-state index in [9.17, 15) is 4.79 Å². The number of hydrogen-bond donors (Lipinski definition) is 2. The molecule has 0 bridgehead atoms. The Balaban J connectivity index is 2.25. The Morgan fingerprint density at radius 2 is 2.27 bits per heavy atom. The molecule has 4 nitrogen and oxygen atoms in total. The zero-order valence-corrected chi connectivity index (χ0v) is 9.83. The lowest BCUT2D eigenvalue weighted by atomic mass is 10.1. The fraction of sp³-hybridized carbons (Fsp3) is 0.909. The van der Waals surface area contributed by atoms with Gasteiger partial charge in [-0.25, -0.2) is 4.90 Å². The summed E-state index contributed by atoms with van der Waals surface area (Å²) < 4.78 is 0. The smallest absolute Gasteiger partial charge is 0.317 e. The monoisotopic (exact) mass is 215 g/mol. The SMILES string of the molecule is CC(C)CC[NH+]1CCCN(CC(=O)O)C1. The predicted molar refractivity (Wildman–Crippen MR) is 58.8 cm³/mol. The highest BCUT2D eigenvalue weighted by atomic mass is 16.4. The summed E-state index contributed by atoms with van der Waals surface area (Å²) in [5.41, 5.74) is 0. The molecule has 1 atom stereocenters. The van der Waals surface area contributed by atoms with Crippen LogP contribution in [0.4, 0.5) is 0 Å². The predicted octanol–water partition coefficient (Wildman–Crippen LogP) is -0.335. The molecule has 15 heavy (non-hydrogen) atoms. The highest BCUT2D eigenvalue weighted by molar-refractivity contribution is 5.69. The minimum absolute atomic E-state index is 0.200. The molecule has 0 amide bonds. The number of hydrogen-bond acceptors (Lipinski definition) is 2. The third-order valence-corrected chi connectivity index (χ3v) is 2.89. The molecule has 4 heteroatoms. The van der Waals surface area contributed by atoms with Crippen LogP contribution in [0.1, 0.15) is 26.7 Å². The van der Waals surface area contributed by atoms with Gasteiger partial charge in [0.25, 0.3) is 0 Å². The lowest BCUT2D eigenvalue weighted by Gasteiger charge is -2.32. The number of quaternary nitrogens is 1. The van der Waals surface area contributed by atoms with E-state index in [4.69, 9.17) is 5.11 Å². The molecule has 1 aliphatic heterocycles. The first-order valence-corrected chi connectivity index (χ1v) is 5.85. The van der Waals surface area contributed by atoms with Crippen molar-refractivity contribution in [1.29, 1.82) is 0 Å². The summed E-state index contributed by atoms with van der Waals surface area (Å²) in [6.07, 6.45) is 2.36. The van der Waals surface area contributed by atoms with Gasteiger partial charge in [-0.15, -0.1) is 0 Å². The zero-order valence-electron chi connectivity index (χ0n) is 9.83. The summed E-state index contributed by atoms with van der Waals surface area (Å²) in [5, 5.41) is 8.72. The number of aliphatic carboxylic acids is 1. The molecule has 1 aliphatic rings. The molecule has 1 saturated heterocycles. The largest absolute Gasteiger partial charge is 0.480 e. The first-order valence-electron chi connectivity index (χ1n) is 5.85. The molecule has 0 spiro atoms. The van der Waals surface area contributed by atoms with E-state index in [2.05, 4.69) is 13.8 Å². The Morgan fingerprint density at radius 3 is 2.87 bits per heavy atom. The molecular weight excluding hydrogens is 192 g/mol.